The van der Waals surface area contributed by atoms with Crippen LogP contribution in [0.2, 0.25) is 0 Å². The van der Waals surface area contributed by atoms with Crippen molar-refractivity contribution in [3.05, 3.63) is 11.9 Å². The summed E-state index contributed by atoms with van der Waals surface area (Å²) >= 11 is 0. The zero-order valence-corrected chi connectivity index (χ0v) is 10.7. The normalized spacial score (nSPS) is 25.7. The molecule has 2 rings (SSSR count). The second kappa shape index (κ2) is 4.89. The number of anilines is 1. The monoisotopic (exact) mass is 221 g/mol. The summed E-state index contributed by atoms with van der Waals surface area (Å²) in [7, 11) is 1.99. The van der Waals surface area contributed by atoms with Crippen molar-refractivity contribution in [1.82, 2.24) is 9.78 Å². The maximum absolute atomic E-state index is 4.27. The zero-order chi connectivity index (χ0) is 11.5. The van der Waals surface area contributed by atoms with E-state index in [1.54, 1.807) is 0 Å². The minimum Gasteiger partial charge on any atom is -0.380 e. The fourth-order valence-corrected chi connectivity index (χ4v) is 2.58. The number of hydrogen-bond donors (Lipinski definition) is 1. The van der Waals surface area contributed by atoms with Gasteiger partial charge in [0.05, 0.1) is 17.6 Å². The van der Waals surface area contributed by atoms with Gasteiger partial charge < -0.3 is 5.32 Å². The van der Waals surface area contributed by atoms with Crippen LogP contribution in [0.5, 0.6) is 0 Å². The number of aromatic nitrogens is 2. The van der Waals surface area contributed by atoms with Gasteiger partial charge in [-0.05, 0) is 38.5 Å². The van der Waals surface area contributed by atoms with Crippen LogP contribution in [-0.2, 0) is 7.05 Å². The molecule has 1 saturated carbocycles. The summed E-state index contributed by atoms with van der Waals surface area (Å²) in [5, 5.41) is 7.90. The lowest BCUT2D eigenvalue weighted by molar-refractivity contribution is 0.330. The van der Waals surface area contributed by atoms with Gasteiger partial charge in [-0.1, -0.05) is 13.3 Å². The summed E-state index contributed by atoms with van der Waals surface area (Å²) in [6.45, 7) is 4.43. The average molecular weight is 221 g/mol. The van der Waals surface area contributed by atoms with Crippen LogP contribution in [0.3, 0.4) is 0 Å². The van der Waals surface area contributed by atoms with Crippen LogP contribution >= 0.6 is 0 Å². The third kappa shape index (κ3) is 2.39. The maximum atomic E-state index is 4.27. The number of hydrogen-bond acceptors (Lipinski definition) is 2. The average Bonchev–Trinajstić information content (AvgIpc) is 2.62. The van der Waals surface area contributed by atoms with Crippen LogP contribution in [0.25, 0.3) is 0 Å². The van der Waals surface area contributed by atoms with E-state index in [4.69, 9.17) is 0 Å². The molecule has 1 heterocycles. The number of nitrogens with zero attached hydrogens (tertiary/aromatic N) is 2. The van der Waals surface area contributed by atoms with Gasteiger partial charge in [-0.3, -0.25) is 4.68 Å². The van der Waals surface area contributed by atoms with Crippen molar-refractivity contribution in [2.24, 2.45) is 13.0 Å². The molecule has 0 bridgehead atoms. The Morgan fingerprint density at radius 3 is 2.56 bits per heavy atom. The lowest BCUT2D eigenvalue weighted by Gasteiger charge is -2.28. The Bertz CT molecular complexity index is 335. The summed E-state index contributed by atoms with van der Waals surface area (Å²) in [6, 6.07) is 0.658. The summed E-state index contributed by atoms with van der Waals surface area (Å²) in [5.74, 6) is 0.966. The topological polar surface area (TPSA) is 29.9 Å². The van der Waals surface area contributed by atoms with E-state index in [1.165, 1.54) is 43.5 Å². The molecular formula is C13H23N3. The van der Waals surface area contributed by atoms with E-state index in [1.807, 2.05) is 17.9 Å². The van der Waals surface area contributed by atoms with Crippen LogP contribution in [0.15, 0.2) is 6.20 Å². The predicted octanol–water partition coefficient (Wildman–Crippen LogP) is 3.11. The van der Waals surface area contributed by atoms with Gasteiger partial charge in [-0.2, -0.15) is 5.10 Å². The van der Waals surface area contributed by atoms with E-state index in [0.717, 1.165) is 5.92 Å². The van der Waals surface area contributed by atoms with Gasteiger partial charge in [0.25, 0.3) is 0 Å². The van der Waals surface area contributed by atoms with Crippen molar-refractivity contribution < 1.29 is 0 Å². The van der Waals surface area contributed by atoms with E-state index in [9.17, 15) is 0 Å². The lowest BCUT2D eigenvalue weighted by atomic mass is 9.84. The number of rotatable bonds is 3. The van der Waals surface area contributed by atoms with E-state index in [-0.39, 0.29) is 0 Å². The fraction of sp³-hybridized carbons (Fsp3) is 0.769. The van der Waals surface area contributed by atoms with Crippen molar-refractivity contribution >= 4 is 5.69 Å². The smallest absolute Gasteiger partial charge is 0.0758 e. The summed E-state index contributed by atoms with van der Waals surface area (Å²) in [6.07, 6.45) is 8.68. The molecule has 16 heavy (non-hydrogen) atoms. The molecule has 0 radical (unpaired) electrons. The Hall–Kier alpha value is -0.990. The summed E-state index contributed by atoms with van der Waals surface area (Å²) in [5.41, 5.74) is 2.44. The first-order valence-corrected chi connectivity index (χ1v) is 6.45. The second-order valence-corrected chi connectivity index (χ2v) is 5.04. The highest BCUT2D eigenvalue weighted by molar-refractivity contribution is 5.46. The molecule has 1 aromatic rings. The summed E-state index contributed by atoms with van der Waals surface area (Å²) < 4.78 is 1.93. The van der Waals surface area contributed by atoms with Gasteiger partial charge in [0.1, 0.15) is 0 Å². The molecule has 0 aliphatic heterocycles. The molecule has 3 nitrogen and oxygen atoms in total. The van der Waals surface area contributed by atoms with Crippen LogP contribution in [0.4, 0.5) is 5.69 Å². The van der Waals surface area contributed by atoms with Crippen LogP contribution in [0.1, 0.15) is 44.7 Å². The lowest BCUT2D eigenvalue weighted by Crippen LogP contribution is -2.26. The first-order chi connectivity index (χ1) is 7.70. The van der Waals surface area contributed by atoms with E-state index in [0.29, 0.717) is 6.04 Å². The van der Waals surface area contributed by atoms with Crippen molar-refractivity contribution in [3.63, 3.8) is 0 Å². The Kier molecular flexibility index (Phi) is 3.52. The van der Waals surface area contributed by atoms with Gasteiger partial charge in [0, 0.05) is 13.1 Å². The third-order valence-corrected chi connectivity index (χ3v) is 4.02. The molecular weight excluding hydrogens is 198 g/mol. The standard InChI is InChI=1S/C13H23N3/c1-4-11-5-7-12(8-6-11)15-13-9-14-16(3)10(13)2/h9,11-12,15H,4-8H2,1-3H3. The number of nitrogens with one attached hydrogen (secondary N) is 1. The molecule has 1 aromatic heterocycles. The van der Waals surface area contributed by atoms with E-state index < -0.39 is 0 Å². The Labute approximate surface area is 98.2 Å². The SMILES string of the molecule is CCC1CCC(Nc2cnn(C)c2C)CC1. The third-order valence-electron chi connectivity index (χ3n) is 4.02. The first-order valence-electron chi connectivity index (χ1n) is 6.45. The molecule has 0 atom stereocenters. The van der Waals surface area contributed by atoms with Gasteiger partial charge in [0.15, 0.2) is 0 Å². The molecule has 0 amide bonds. The Morgan fingerprint density at radius 1 is 1.38 bits per heavy atom. The highest BCUT2D eigenvalue weighted by Crippen LogP contribution is 2.28. The maximum Gasteiger partial charge on any atom is 0.0758 e. The zero-order valence-electron chi connectivity index (χ0n) is 10.7. The molecule has 0 aromatic carbocycles. The van der Waals surface area contributed by atoms with Crippen molar-refractivity contribution in [3.8, 4) is 0 Å². The van der Waals surface area contributed by atoms with Gasteiger partial charge >= 0.3 is 0 Å². The molecule has 3 heteroatoms. The Morgan fingerprint density at radius 2 is 2.06 bits per heavy atom. The van der Waals surface area contributed by atoms with Crippen LogP contribution in [0, 0.1) is 12.8 Å². The van der Waals surface area contributed by atoms with Crippen LogP contribution in [-0.4, -0.2) is 15.8 Å². The van der Waals surface area contributed by atoms with Gasteiger partial charge in [-0.15, -0.1) is 0 Å². The highest BCUT2D eigenvalue weighted by Gasteiger charge is 2.20. The predicted molar refractivity (Wildman–Crippen MR) is 67.6 cm³/mol. The Balaban J connectivity index is 1.89. The molecule has 90 valence electrons. The molecule has 0 spiro atoms. The summed E-state index contributed by atoms with van der Waals surface area (Å²) in [4.78, 5) is 0. The first kappa shape index (κ1) is 11.5. The molecule has 1 aliphatic carbocycles. The van der Waals surface area contributed by atoms with Crippen LogP contribution < -0.4 is 5.32 Å². The minimum absolute atomic E-state index is 0.658. The molecule has 1 fully saturated rings. The van der Waals surface area contributed by atoms with Gasteiger partial charge in [0.2, 0.25) is 0 Å². The van der Waals surface area contributed by atoms with Crippen molar-refractivity contribution in [1.29, 1.82) is 0 Å². The molecule has 0 unspecified atom stereocenters. The van der Waals surface area contributed by atoms with Crippen molar-refractivity contribution in [2.75, 3.05) is 5.32 Å². The largest absolute Gasteiger partial charge is 0.380 e. The quantitative estimate of drug-likeness (QED) is 0.850. The van der Waals surface area contributed by atoms with Gasteiger partial charge in [-0.25, -0.2) is 0 Å². The van der Waals surface area contributed by atoms with Crippen molar-refractivity contribution in [2.45, 2.75) is 52.0 Å². The second-order valence-electron chi connectivity index (χ2n) is 5.04. The minimum atomic E-state index is 0.658. The fourth-order valence-electron chi connectivity index (χ4n) is 2.58. The molecule has 0 saturated heterocycles. The number of aryl methyl sites for hydroxylation is 1. The van der Waals surface area contributed by atoms with E-state index in [2.05, 4.69) is 24.3 Å². The molecule has 1 N–H and O–H groups in total. The molecule has 1 aliphatic rings. The highest BCUT2D eigenvalue weighted by atomic mass is 15.3. The van der Waals surface area contributed by atoms with E-state index >= 15 is 0 Å².